The van der Waals surface area contributed by atoms with E-state index in [1.807, 2.05) is 0 Å². The molecule has 8 heteroatoms. The van der Waals surface area contributed by atoms with Gasteiger partial charge in [-0.25, -0.2) is 4.39 Å². The molecule has 0 saturated heterocycles. The predicted octanol–water partition coefficient (Wildman–Crippen LogP) is 5.58. The maximum absolute atomic E-state index is 13.4. The first-order chi connectivity index (χ1) is 12.2. The minimum atomic E-state index is -4.37. The van der Waals surface area contributed by atoms with Crippen molar-refractivity contribution in [2.75, 3.05) is 17.2 Å². The van der Waals surface area contributed by atoms with Crippen molar-refractivity contribution in [3.63, 3.8) is 0 Å². The summed E-state index contributed by atoms with van der Waals surface area (Å²) in [4.78, 5) is 13.0. The summed E-state index contributed by atoms with van der Waals surface area (Å²) in [6.45, 7) is 0.502. The third-order valence-corrected chi connectivity index (χ3v) is 5.03. The number of thiophene rings is 1. The van der Waals surface area contributed by atoms with Crippen molar-refractivity contribution in [1.29, 1.82) is 0 Å². The van der Waals surface area contributed by atoms with Gasteiger partial charge in [-0.05, 0) is 48.2 Å². The maximum atomic E-state index is 13.4. The number of hydrogen-bond acceptors (Lipinski definition) is 3. The summed E-state index contributed by atoms with van der Waals surface area (Å²) in [5.41, 5.74) is 1.04. The first-order valence-corrected chi connectivity index (χ1v) is 8.46. The average molecular weight is 382 g/mol. The third-order valence-electron chi connectivity index (χ3n) is 3.76. The van der Waals surface area contributed by atoms with Gasteiger partial charge in [0, 0.05) is 4.70 Å². The molecule has 0 radical (unpaired) electrons. The molecule has 0 aliphatic carbocycles. The van der Waals surface area contributed by atoms with Gasteiger partial charge in [-0.15, -0.1) is 11.3 Å². The molecule has 0 bridgehead atoms. The van der Waals surface area contributed by atoms with Crippen LogP contribution in [0.15, 0.2) is 42.5 Å². The number of rotatable bonds is 4. The Morgan fingerprint density at radius 2 is 1.81 bits per heavy atom. The van der Waals surface area contributed by atoms with Crippen LogP contribution in [0.4, 0.5) is 28.9 Å². The molecule has 0 fully saturated rings. The van der Waals surface area contributed by atoms with E-state index in [2.05, 4.69) is 10.6 Å². The van der Waals surface area contributed by atoms with Crippen LogP contribution in [-0.2, 0) is 0 Å². The second kappa shape index (κ2) is 6.95. The lowest BCUT2D eigenvalue weighted by Gasteiger charge is -2.14. The molecule has 0 unspecified atom stereocenters. The van der Waals surface area contributed by atoms with Gasteiger partial charge >= 0.3 is 6.18 Å². The van der Waals surface area contributed by atoms with Crippen LogP contribution >= 0.6 is 11.3 Å². The molecule has 0 aliphatic heterocycles. The second-order valence-electron chi connectivity index (χ2n) is 5.67. The van der Waals surface area contributed by atoms with E-state index in [0.29, 0.717) is 15.8 Å². The summed E-state index contributed by atoms with van der Waals surface area (Å²) in [7, 11) is 0. The third kappa shape index (κ3) is 3.96. The highest BCUT2D eigenvalue weighted by Gasteiger charge is 2.27. The number of anilines is 2. The molecule has 26 heavy (non-hydrogen) atoms. The smallest absolute Gasteiger partial charge is 0.375 e. The number of nitrogens with one attached hydrogen (secondary N) is 2. The molecule has 1 heterocycles. The van der Waals surface area contributed by atoms with Crippen LogP contribution < -0.4 is 10.6 Å². The van der Waals surface area contributed by atoms with Crippen LogP contribution in [0.3, 0.4) is 0 Å². The second-order valence-corrected chi connectivity index (χ2v) is 6.72. The van der Waals surface area contributed by atoms with Crippen LogP contribution in [0.1, 0.15) is 15.2 Å². The van der Waals surface area contributed by atoms with E-state index >= 15 is 0 Å². The highest BCUT2D eigenvalue weighted by molar-refractivity contribution is 7.21. The molecule has 2 N–H and O–H groups in total. The predicted molar refractivity (Wildman–Crippen MR) is 95.5 cm³/mol. The van der Waals surface area contributed by atoms with Gasteiger partial charge in [0.1, 0.15) is 12.4 Å². The standard InChI is InChI=1S/C18H14F4N2OS/c1-10-12-8-11(19)6-7-15(12)26-16(10)17(25)24-14-5-3-2-4-13(14)23-9-18(20,21)22/h2-8,23H,9H2,1H3,(H,24,25). The number of aryl methyl sites for hydroxylation is 1. The van der Waals surface area contributed by atoms with Crippen LogP contribution in [0, 0.1) is 12.7 Å². The quantitative estimate of drug-likeness (QED) is 0.579. The average Bonchev–Trinajstić information content (AvgIpc) is 2.90. The van der Waals surface area contributed by atoms with E-state index in [0.717, 1.165) is 4.70 Å². The molecule has 3 rings (SSSR count). The number of amides is 1. The molecular weight excluding hydrogens is 368 g/mol. The molecule has 3 nitrogen and oxygen atoms in total. The number of alkyl halides is 3. The van der Waals surface area contributed by atoms with Crippen LogP contribution in [-0.4, -0.2) is 18.6 Å². The Kier molecular flexibility index (Phi) is 4.86. The molecule has 0 atom stereocenters. The van der Waals surface area contributed by atoms with Crippen LogP contribution in [0.2, 0.25) is 0 Å². The van der Waals surface area contributed by atoms with Crippen LogP contribution in [0.25, 0.3) is 10.1 Å². The molecule has 3 aromatic rings. The first kappa shape index (κ1) is 18.2. The van der Waals surface area contributed by atoms with Crippen molar-refractivity contribution < 1.29 is 22.4 Å². The zero-order valence-electron chi connectivity index (χ0n) is 13.6. The summed E-state index contributed by atoms with van der Waals surface area (Å²) in [6.07, 6.45) is -4.37. The Balaban J connectivity index is 1.86. The van der Waals surface area contributed by atoms with Gasteiger partial charge in [0.25, 0.3) is 5.91 Å². The summed E-state index contributed by atoms with van der Waals surface area (Å²) in [5.74, 6) is -0.850. The summed E-state index contributed by atoms with van der Waals surface area (Å²) in [5, 5.41) is 5.54. The van der Waals surface area contributed by atoms with E-state index in [9.17, 15) is 22.4 Å². The normalized spacial score (nSPS) is 11.6. The van der Waals surface area contributed by atoms with Crippen LogP contribution in [0.5, 0.6) is 0 Å². The minimum Gasteiger partial charge on any atom is -0.375 e. The summed E-state index contributed by atoms with van der Waals surface area (Å²) < 4.78 is 51.4. The zero-order chi connectivity index (χ0) is 18.9. The lowest BCUT2D eigenvalue weighted by Crippen LogP contribution is -2.22. The topological polar surface area (TPSA) is 41.1 Å². The highest BCUT2D eigenvalue weighted by Crippen LogP contribution is 2.32. The number of fused-ring (bicyclic) bond motifs is 1. The van der Waals surface area contributed by atoms with Gasteiger partial charge in [0.2, 0.25) is 0 Å². The van der Waals surface area contributed by atoms with Crippen molar-refractivity contribution in [3.05, 3.63) is 58.7 Å². The van der Waals surface area contributed by atoms with E-state index in [1.165, 1.54) is 35.6 Å². The molecule has 1 amide bonds. The summed E-state index contributed by atoms with van der Waals surface area (Å²) >= 11 is 1.20. The Hall–Kier alpha value is -2.61. The van der Waals surface area contributed by atoms with Crippen molar-refractivity contribution in [2.45, 2.75) is 13.1 Å². The van der Waals surface area contributed by atoms with Gasteiger partial charge in [0.15, 0.2) is 0 Å². The highest BCUT2D eigenvalue weighted by atomic mass is 32.1. The van der Waals surface area contributed by atoms with E-state index in [4.69, 9.17) is 0 Å². The molecule has 1 aromatic heterocycles. The SMILES string of the molecule is Cc1c(C(=O)Nc2ccccc2NCC(F)(F)F)sc2ccc(F)cc12. The Morgan fingerprint density at radius 1 is 1.12 bits per heavy atom. The van der Waals surface area contributed by atoms with Gasteiger partial charge in [-0.1, -0.05) is 12.1 Å². The largest absolute Gasteiger partial charge is 0.405 e. The number of halogens is 4. The maximum Gasteiger partial charge on any atom is 0.405 e. The Bertz CT molecular complexity index is 965. The lowest BCUT2D eigenvalue weighted by molar-refractivity contribution is -0.115. The monoisotopic (exact) mass is 382 g/mol. The number of para-hydroxylation sites is 2. The van der Waals surface area contributed by atoms with E-state index in [1.54, 1.807) is 25.1 Å². The Labute approximate surface area is 150 Å². The number of hydrogen-bond donors (Lipinski definition) is 2. The first-order valence-electron chi connectivity index (χ1n) is 7.64. The van der Waals surface area contributed by atoms with Gasteiger partial charge < -0.3 is 10.6 Å². The van der Waals surface area contributed by atoms with Gasteiger partial charge in [0.05, 0.1) is 16.3 Å². The molecular formula is C18H14F4N2OS. The molecule has 0 saturated carbocycles. The van der Waals surface area contributed by atoms with Crippen molar-refractivity contribution in [2.24, 2.45) is 0 Å². The number of carbonyl (C=O) groups is 1. The Morgan fingerprint density at radius 3 is 2.50 bits per heavy atom. The van der Waals surface area contributed by atoms with Crippen molar-refractivity contribution in [1.82, 2.24) is 0 Å². The number of benzene rings is 2. The van der Waals surface area contributed by atoms with Gasteiger partial charge in [-0.2, -0.15) is 13.2 Å². The van der Waals surface area contributed by atoms with E-state index in [-0.39, 0.29) is 11.4 Å². The molecule has 2 aromatic carbocycles. The minimum absolute atomic E-state index is 0.169. The molecule has 0 aliphatic rings. The summed E-state index contributed by atoms with van der Waals surface area (Å²) in [6, 6.07) is 10.4. The lowest BCUT2D eigenvalue weighted by atomic mass is 10.1. The van der Waals surface area contributed by atoms with Crippen molar-refractivity contribution >= 4 is 38.7 Å². The molecule has 136 valence electrons. The van der Waals surface area contributed by atoms with E-state index < -0.39 is 24.4 Å². The number of carbonyl (C=O) groups excluding carboxylic acids is 1. The zero-order valence-corrected chi connectivity index (χ0v) is 14.4. The van der Waals surface area contributed by atoms with Gasteiger partial charge in [-0.3, -0.25) is 4.79 Å². The molecule has 0 spiro atoms. The fourth-order valence-corrected chi connectivity index (χ4v) is 3.62. The van der Waals surface area contributed by atoms with Crippen molar-refractivity contribution in [3.8, 4) is 0 Å². The fraction of sp³-hybridized carbons (Fsp3) is 0.167. The fourth-order valence-electron chi connectivity index (χ4n) is 2.53.